The van der Waals surface area contributed by atoms with Crippen molar-refractivity contribution in [3.8, 4) is 0 Å². The number of hydrogen-bond acceptors (Lipinski definition) is 11. The lowest BCUT2D eigenvalue weighted by molar-refractivity contribution is -0.384. The molecule has 15 heteroatoms. The Hall–Kier alpha value is -5.25. The molecule has 1 aliphatic heterocycles. The Morgan fingerprint density at radius 2 is 1.74 bits per heavy atom. The molecule has 6 atom stereocenters. The van der Waals surface area contributed by atoms with E-state index in [9.17, 15) is 39.2 Å². The van der Waals surface area contributed by atoms with Crippen LogP contribution in [0.4, 0.5) is 10.5 Å². The van der Waals surface area contributed by atoms with Crippen molar-refractivity contribution in [2.24, 2.45) is 17.6 Å². The third-order valence-corrected chi connectivity index (χ3v) is 8.37. The van der Waals surface area contributed by atoms with Crippen LogP contribution in [0.2, 0.25) is 0 Å². The molecule has 2 bridgehead atoms. The Balaban J connectivity index is 2.08. The second-order valence-corrected chi connectivity index (χ2v) is 12.2. The number of methoxy groups -OCH3 is 2. The van der Waals surface area contributed by atoms with Gasteiger partial charge in [-0.3, -0.25) is 29.3 Å². The first-order chi connectivity index (χ1) is 23.6. The standard InChI is InChI=1S/C35H42N4O11/c1-18-14-24-29(38-34(44)22-10-12-23(13-11-22)39(46)47)26(40)17-25(31(24)42)37-33(43)19(2)8-7-9-27(48-5)32(50-35(36)45)21(4)16-20(3)30(41)28(15-18)49-6/h7-13,16-18,20,27-28,30,32,41H,14-15H2,1-6H3,(H2,36,45)(H,37,43)(H,38,44)/b9-7-,19-8+,21-16+/t18-,20+,27+,28+,30-,32-/m1/s1. The van der Waals surface area contributed by atoms with E-state index in [-0.39, 0.29) is 46.6 Å². The van der Waals surface area contributed by atoms with Gasteiger partial charge in [0.25, 0.3) is 17.5 Å². The van der Waals surface area contributed by atoms with Crippen molar-refractivity contribution in [2.75, 3.05) is 14.2 Å². The molecule has 1 aliphatic carbocycles. The number of fused-ring (bicyclic) bond motifs is 2. The van der Waals surface area contributed by atoms with Crippen LogP contribution in [-0.2, 0) is 28.6 Å². The molecule has 268 valence electrons. The van der Waals surface area contributed by atoms with Crippen LogP contribution in [0.25, 0.3) is 0 Å². The number of nitrogens with zero attached hydrogens (tertiary/aromatic N) is 1. The molecule has 3 rings (SSSR count). The number of aliphatic hydroxyl groups is 1. The van der Waals surface area contributed by atoms with Crippen LogP contribution in [0.1, 0.15) is 50.9 Å². The summed E-state index contributed by atoms with van der Waals surface area (Å²) in [5.41, 5.74) is 5.07. The molecule has 1 heterocycles. The third kappa shape index (κ3) is 9.90. The number of non-ortho nitro benzene ring substituents is 1. The van der Waals surface area contributed by atoms with E-state index in [4.69, 9.17) is 19.9 Å². The highest BCUT2D eigenvalue weighted by Crippen LogP contribution is 2.29. The van der Waals surface area contributed by atoms with Crippen molar-refractivity contribution >= 4 is 35.2 Å². The van der Waals surface area contributed by atoms with Gasteiger partial charge in [-0.05, 0) is 50.3 Å². The number of nitro groups is 1. The fourth-order valence-electron chi connectivity index (χ4n) is 5.64. The molecular weight excluding hydrogens is 652 g/mol. The van der Waals surface area contributed by atoms with E-state index in [2.05, 4.69) is 10.6 Å². The van der Waals surface area contributed by atoms with E-state index in [1.807, 2.05) is 0 Å². The maximum absolute atomic E-state index is 13.9. The van der Waals surface area contributed by atoms with Crippen LogP contribution in [-0.4, -0.2) is 78.1 Å². The van der Waals surface area contributed by atoms with Gasteiger partial charge in [0.15, 0.2) is 6.10 Å². The highest BCUT2D eigenvalue weighted by molar-refractivity contribution is 6.24. The van der Waals surface area contributed by atoms with Crippen LogP contribution in [0.15, 0.2) is 82.8 Å². The second-order valence-electron chi connectivity index (χ2n) is 12.2. The smallest absolute Gasteiger partial charge is 0.405 e. The monoisotopic (exact) mass is 694 g/mol. The number of carbonyl (C=O) groups is 5. The summed E-state index contributed by atoms with van der Waals surface area (Å²) in [6.07, 6.45) is 2.48. The SMILES string of the molecule is CO[C@H]1/C=C\C=C(/C)C(=O)NC2=CC(=O)C(NC(=O)c3ccc([N+](=O)[O-])cc3)=C(C[C@@H](C)C[C@H](OC)[C@H](O)[C@@H](C)/C=C(\C)[C@H]1OC(N)=O)C2=O. The minimum Gasteiger partial charge on any atom is -0.439 e. The zero-order valence-electron chi connectivity index (χ0n) is 28.6. The van der Waals surface area contributed by atoms with Crippen molar-refractivity contribution < 1.29 is 48.2 Å². The third-order valence-electron chi connectivity index (χ3n) is 8.37. The van der Waals surface area contributed by atoms with Gasteiger partial charge >= 0.3 is 6.09 Å². The zero-order chi connectivity index (χ0) is 37.3. The Morgan fingerprint density at radius 1 is 1.08 bits per heavy atom. The van der Waals surface area contributed by atoms with Crippen LogP contribution in [0.3, 0.4) is 0 Å². The number of ketones is 2. The summed E-state index contributed by atoms with van der Waals surface area (Å²) in [7, 11) is 2.81. The van der Waals surface area contributed by atoms with Gasteiger partial charge in [0, 0.05) is 55.1 Å². The van der Waals surface area contributed by atoms with Crippen LogP contribution in [0, 0.1) is 22.0 Å². The van der Waals surface area contributed by atoms with E-state index < -0.39 is 70.6 Å². The quantitative estimate of drug-likeness (QED) is 0.146. The van der Waals surface area contributed by atoms with E-state index in [1.165, 1.54) is 51.5 Å². The van der Waals surface area contributed by atoms with Crippen LogP contribution >= 0.6 is 0 Å². The molecular formula is C35H42N4O11. The Morgan fingerprint density at radius 3 is 2.32 bits per heavy atom. The molecule has 3 amide bonds. The molecule has 0 saturated heterocycles. The number of amides is 3. The number of hydrogen-bond donors (Lipinski definition) is 4. The molecule has 2 aliphatic rings. The Kier molecular flexibility index (Phi) is 13.7. The van der Waals surface area contributed by atoms with Gasteiger partial charge in [-0.15, -0.1) is 0 Å². The van der Waals surface area contributed by atoms with Gasteiger partial charge < -0.3 is 35.7 Å². The summed E-state index contributed by atoms with van der Waals surface area (Å²) < 4.78 is 16.5. The summed E-state index contributed by atoms with van der Waals surface area (Å²) >= 11 is 0. The van der Waals surface area contributed by atoms with Crippen molar-refractivity contribution in [2.45, 2.75) is 65.0 Å². The summed E-state index contributed by atoms with van der Waals surface area (Å²) in [6, 6.07) is 4.70. The van der Waals surface area contributed by atoms with Gasteiger partial charge in [-0.25, -0.2) is 4.79 Å². The maximum atomic E-state index is 13.9. The second kappa shape index (κ2) is 17.4. The van der Waals surface area contributed by atoms with Crippen molar-refractivity contribution in [1.29, 1.82) is 0 Å². The van der Waals surface area contributed by atoms with E-state index in [1.54, 1.807) is 26.8 Å². The number of allylic oxidation sites excluding steroid dienone is 4. The lowest BCUT2D eigenvalue weighted by Gasteiger charge is -2.30. The largest absolute Gasteiger partial charge is 0.439 e. The first-order valence-electron chi connectivity index (χ1n) is 15.7. The number of nitrogens with one attached hydrogen (secondary N) is 2. The first-order valence-corrected chi connectivity index (χ1v) is 15.7. The predicted octanol–water partition coefficient (Wildman–Crippen LogP) is 3.10. The number of nitro benzene ring substituents is 1. The van der Waals surface area contributed by atoms with Gasteiger partial charge in [-0.2, -0.15) is 0 Å². The highest BCUT2D eigenvalue weighted by Gasteiger charge is 2.34. The van der Waals surface area contributed by atoms with E-state index in [0.29, 0.717) is 5.57 Å². The average Bonchev–Trinajstić information content (AvgIpc) is 3.07. The number of rotatable bonds is 6. The number of ether oxygens (including phenoxy) is 3. The van der Waals surface area contributed by atoms with Crippen molar-refractivity contribution in [3.05, 3.63) is 98.4 Å². The maximum Gasteiger partial charge on any atom is 0.405 e. The molecule has 50 heavy (non-hydrogen) atoms. The first kappa shape index (κ1) is 39.2. The molecule has 15 nitrogen and oxygen atoms in total. The molecule has 1 aromatic rings. The normalized spacial score (nSPS) is 28.3. The lowest BCUT2D eigenvalue weighted by Crippen LogP contribution is -2.38. The number of carbonyl (C=O) groups excluding carboxylic acids is 5. The topological polar surface area (TPSA) is 226 Å². The molecule has 1 aromatic carbocycles. The van der Waals surface area contributed by atoms with Gasteiger partial charge in [0.2, 0.25) is 11.6 Å². The van der Waals surface area contributed by atoms with Gasteiger partial charge in [-0.1, -0.05) is 38.2 Å². The molecule has 0 radical (unpaired) electrons. The molecule has 0 unspecified atom stereocenters. The molecule has 0 saturated carbocycles. The van der Waals surface area contributed by atoms with Gasteiger partial charge in [0.1, 0.15) is 6.10 Å². The van der Waals surface area contributed by atoms with E-state index in [0.717, 1.165) is 18.2 Å². The summed E-state index contributed by atoms with van der Waals surface area (Å²) in [5.74, 6) is -3.91. The average molecular weight is 695 g/mol. The predicted molar refractivity (Wildman–Crippen MR) is 180 cm³/mol. The number of nitrogens with two attached hydrogens (primary N) is 1. The molecule has 0 aromatic heterocycles. The summed E-state index contributed by atoms with van der Waals surface area (Å²) in [5, 5.41) is 27.3. The number of benzene rings is 1. The van der Waals surface area contributed by atoms with Gasteiger partial charge in [0.05, 0.1) is 28.5 Å². The summed E-state index contributed by atoms with van der Waals surface area (Å²) in [6.45, 7) is 6.67. The number of Topliss-reactive ketones (excluding diaryl/α,β-unsaturated/α-hetero) is 1. The molecule has 5 N–H and O–H groups in total. The molecule has 0 fully saturated rings. The fourth-order valence-corrected chi connectivity index (χ4v) is 5.64. The number of aliphatic hydroxyl groups excluding tert-OH is 1. The lowest BCUT2D eigenvalue weighted by atomic mass is 9.85. The minimum absolute atomic E-state index is 0.00378. The number of primary amides is 1. The van der Waals surface area contributed by atoms with Crippen molar-refractivity contribution in [3.63, 3.8) is 0 Å². The Labute approximate surface area is 289 Å². The highest BCUT2D eigenvalue weighted by atomic mass is 16.6. The van der Waals surface area contributed by atoms with E-state index >= 15 is 0 Å². The van der Waals surface area contributed by atoms with Crippen molar-refractivity contribution in [1.82, 2.24) is 10.6 Å². The zero-order valence-corrected chi connectivity index (χ0v) is 28.6. The summed E-state index contributed by atoms with van der Waals surface area (Å²) in [4.78, 5) is 75.8. The van der Waals surface area contributed by atoms with Crippen LogP contribution < -0.4 is 16.4 Å². The fraction of sp³-hybridized carbons (Fsp3) is 0.400. The molecule has 0 spiro atoms. The Bertz CT molecular complexity index is 1670. The minimum atomic E-state index is -1.08. The van der Waals surface area contributed by atoms with Crippen LogP contribution in [0.5, 0.6) is 0 Å².